The Morgan fingerprint density at radius 3 is 2.43 bits per heavy atom. The van der Waals surface area contributed by atoms with Gasteiger partial charge in [0.1, 0.15) is 6.04 Å². The molecule has 0 radical (unpaired) electrons. The fourth-order valence-corrected chi connectivity index (χ4v) is 1.88. The van der Waals surface area contributed by atoms with Gasteiger partial charge in [0.15, 0.2) is 0 Å². The van der Waals surface area contributed by atoms with Crippen molar-refractivity contribution >= 4 is 0 Å². The van der Waals surface area contributed by atoms with Gasteiger partial charge in [0, 0.05) is 26.2 Å². The summed E-state index contributed by atoms with van der Waals surface area (Å²) in [4.78, 5) is 2.31. The summed E-state index contributed by atoms with van der Waals surface area (Å²) in [7, 11) is 0. The second-order valence-electron chi connectivity index (χ2n) is 4.66. The van der Waals surface area contributed by atoms with Crippen LogP contribution in [0.2, 0.25) is 0 Å². The highest BCUT2D eigenvalue weighted by atomic mass is 15.2. The van der Waals surface area contributed by atoms with Crippen molar-refractivity contribution in [1.29, 1.82) is 5.26 Å². The van der Waals surface area contributed by atoms with Crippen LogP contribution in [-0.2, 0) is 0 Å². The molecule has 1 fully saturated rings. The van der Waals surface area contributed by atoms with E-state index in [4.69, 9.17) is 0 Å². The van der Waals surface area contributed by atoms with Crippen molar-refractivity contribution in [1.82, 2.24) is 10.2 Å². The Morgan fingerprint density at radius 2 is 2.00 bits per heavy atom. The summed E-state index contributed by atoms with van der Waals surface area (Å²) >= 11 is 0. The third-order valence-electron chi connectivity index (χ3n) is 3.29. The summed E-state index contributed by atoms with van der Waals surface area (Å²) < 4.78 is 0. The fourth-order valence-electron chi connectivity index (χ4n) is 1.88. The molecule has 80 valence electrons. The predicted octanol–water partition coefficient (Wildman–Crippen LogP) is 1.22. The third kappa shape index (κ3) is 2.46. The molecule has 1 heterocycles. The molecule has 0 aromatic heterocycles. The van der Waals surface area contributed by atoms with Crippen molar-refractivity contribution < 1.29 is 0 Å². The first-order valence-electron chi connectivity index (χ1n) is 5.46. The van der Waals surface area contributed by atoms with Crippen LogP contribution in [0.3, 0.4) is 0 Å². The predicted molar refractivity (Wildman–Crippen MR) is 57.9 cm³/mol. The lowest BCUT2D eigenvalue weighted by Crippen LogP contribution is -2.52. The highest BCUT2D eigenvalue weighted by Gasteiger charge is 2.33. The normalized spacial score (nSPS) is 21.6. The Bertz CT molecular complexity index is 211. The number of nitrogens with one attached hydrogen (secondary N) is 1. The van der Waals surface area contributed by atoms with E-state index >= 15 is 0 Å². The van der Waals surface area contributed by atoms with Gasteiger partial charge in [0.2, 0.25) is 0 Å². The van der Waals surface area contributed by atoms with Crippen LogP contribution >= 0.6 is 0 Å². The molecule has 1 saturated heterocycles. The van der Waals surface area contributed by atoms with E-state index in [-0.39, 0.29) is 11.5 Å². The van der Waals surface area contributed by atoms with Gasteiger partial charge >= 0.3 is 0 Å². The number of nitrogens with zero attached hydrogens (tertiary/aromatic N) is 2. The number of nitriles is 1. The van der Waals surface area contributed by atoms with Gasteiger partial charge in [-0.2, -0.15) is 5.26 Å². The molecular formula is C11H21N3. The topological polar surface area (TPSA) is 39.1 Å². The minimum absolute atomic E-state index is 0.0644. The molecule has 0 aliphatic carbocycles. The van der Waals surface area contributed by atoms with Gasteiger partial charge < -0.3 is 5.32 Å². The monoisotopic (exact) mass is 195 g/mol. The van der Waals surface area contributed by atoms with Crippen LogP contribution < -0.4 is 5.32 Å². The van der Waals surface area contributed by atoms with Crippen molar-refractivity contribution in [2.45, 2.75) is 33.2 Å². The largest absolute Gasteiger partial charge is 0.314 e. The maximum absolute atomic E-state index is 9.23. The van der Waals surface area contributed by atoms with Crippen LogP contribution in [0, 0.1) is 16.7 Å². The molecule has 3 heteroatoms. The summed E-state index contributed by atoms with van der Waals surface area (Å²) in [5.74, 6) is 0. The zero-order valence-electron chi connectivity index (χ0n) is 9.51. The van der Waals surface area contributed by atoms with Gasteiger partial charge in [-0.05, 0) is 11.8 Å². The van der Waals surface area contributed by atoms with Crippen molar-refractivity contribution in [3.63, 3.8) is 0 Å². The quantitative estimate of drug-likeness (QED) is 0.736. The first-order valence-corrected chi connectivity index (χ1v) is 5.46. The van der Waals surface area contributed by atoms with Crippen molar-refractivity contribution in [2.24, 2.45) is 5.41 Å². The fraction of sp³-hybridized carbons (Fsp3) is 0.909. The van der Waals surface area contributed by atoms with Crippen LogP contribution in [0.4, 0.5) is 0 Å². The number of hydrogen-bond acceptors (Lipinski definition) is 3. The van der Waals surface area contributed by atoms with Gasteiger partial charge in [-0.25, -0.2) is 0 Å². The smallest absolute Gasteiger partial charge is 0.103 e. The van der Waals surface area contributed by atoms with Crippen LogP contribution in [0.15, 0.2) is 0 Å². The lowest BCUT2D eigenvalue weighted by Gasteiger charge is -2.39. The molecule has 0 saturated carbocycles. The summed E-state index contributed by atoms with van der Waals surface area (Å²) in [5, 5.41) is 12.5. The Morgan fingerprint density at radius 1 is 1.43 bits per heavy atom. The van der Waals surface area contributed by atoms with Gasteiger partial charge in [0.05, 0.1) is 6.07 Å². The summed E-state index contributed by atoms with van der Waals surface area (Å²) in [5.41, 5.74) is 0.103. The van der Waals surface area contributed by atoms with Gasteiger partial charge in [-0.15, -0.1) is 0 Å². The molecule has 0 aromatic rings. The zero-order valence-corrected chi connectivity index (χ0v) is 9.51. The maximum Gasteiger partial charge on any atom is 0.103 e. The van der Waals surface area contributed by atoms with Crippen molar-refractivity contribution in [2.75, 3.05) is 26.2 Å². The lowest BCUT2D eigenvalue weighted by atomic mass is 9.81. The van der Waals surface area contributed by atoms with Crippen molar-refractivity contribution in [3.8, 4) is 6.07 Å². The van der Waals surface area contributed by atoms with E-state index in [2.05, 4.69) is 37.1 Å². The first-order chi connectivity index (χ1) is 6.61. The van der Waals surface area contributed by atoms with E-state index in [0.717, 1.165) is 32.6 Å². The Hall–Kier alpha value is -0.590. The van der Waals surface area contributed by atoms with Crippen LogP contribution in [0.25, 0.3) is 0 Å². The number of rotatable bonds is 3. The molecule has 1 aliphatic rings. The number of hydrogen-bond donors (Lipinski definition) is 1. The standard InChI is InChI=1S/C11H21N3/c1-4-11(2,3)10(9-12)14-7-5-13-6-8-14/h10,13H,4-8H2,1-3H3. The molecule has 3 nitrogen and oxygen atoms in total. The van der Waals surface area contributed by atoms with Gasteiger partial charge in [-0.1, -0.05) is 20.8 Å². The van der Waals surface area contributed by atoms with E-state index in [1.54, 1.807) is 0 Å². The minimum Gasteiger partial charge on any atom is -0.314 e. The van der Waals surface area contributed by atoms with E-state index < -0.39 is 0 Å². The Kier molecular flexibility index (Phi) is 3.91. The maximum atomic E-state index is 9.23. The van der Waals surface area contributed by atoms with E-state index in [1.807, 2.05) is 0 Å². The molecule has 1 atom stereocenters. The Labute approximate surface area is 87.1 Å². The summed E-state index contributed by atoms with van der Waals surface area (Å²) in [6.07, 6.45) is 1.05. The molecule has 1 N–H and O–H groups in total. The highest BCUT2D eigenvalue weighted by Crippen LogP contribution is 2.28. The van der Waals surface area contributed by atoms with Crippen LogP contribution in [0.1, 0.15) is 27.2 Å². The average Bonchev–Trinajstić information content (AvgIpc) is 2.20. The first kappa shape index (κ1) is 11.5. The minimum atomic E-state index is 0.0644. The zero-order chi connectivity index (χ0) is 10.6. The highest BCUT2D eigenvalue weighted by molar-refractivity contribution is 5.01. The summed E-state index contributed by atoms with van der Waals surface area (Å²) in [6.45, 7) is 10.6. The van der Waals surface area contributed by atoms with Crippen molar-refractivity contribution in [3.05, 3.63) is 0 Å². The third-order valence-corrected chi connectivity index (χ3v) is 3.29. The van der Waals surface area contributed by atoms with Gasteiger partial charge in [-0.3, -0.25) is 4.90 Å². The van der Waals surface area contributed by atoms with Crippen LogP contribution in [-0.4, -0.2) is 37.1 Å². The molecule has 14 heavy (non-hydrogen) atoms. The molecule has 0 amide bonds. The van der Waals surface area contributed by atoms with E-state index in [0.29, 0.717) is 0 Å². The molecule has 0 bridgehead atoms. The molecule has 1 unspecified atom stereocenters. The second kappa shape index (κ2) is 4.77. The summed E-state index contributed by atoms with van der Waals surface area (Å²) in [6, 6.07) is 2.53. The molecule has 1 rings (SSSR count). The molecule has 0 aromatic carbocycles. The SMILES string of the molecule is CCC(C)(C)C(C#N)N1CCNCC1. The average molecular weight is 195 g/mol. The lowest BCUT2D eigenvalue weighted by molar-refractivity contribution is 0.110. The second-order valence-corrected chi connectivity index (χ2v) is 4.66. The Balaban J connectivity index is 2.66. The number of piperazine rings is 1. The van der Waals surface area contributed by atoms with E-state index in [9.17, 15) is 5.26 Å². The van der Waals surface area contributed by atoms with Crippen LogP contribution in [0.5, 0.6) is 0 Å². The molecule has 0 spiro atoms. The van der Waals surface area contributed by atoms with E-state index in [1.165, 1.54) is 0 Å². The molecular weight excluding hydrogens is 174 g/mol. The van der Waals surface area contributed by atoms with Gasteiger partial charge in [0.25, 0.3) is 0 Å². The molecule has 1 aliphatic heterocycles.